The molecule has 0 saturated carbocycles. The quantitative estimate of drug-likeness (QED) is 0.404. The monoisotopic (exact) mass is 463 g/mol. The Hall–Kier alpha value is -1.92. The predicted octanol–water partition coefficient (Wildman–Crippen LogP) is 1.47. The van der Waals surface area contributed by atoms with Crippen LogP contribution in [0.5, 0.6) is 0 Å². The summed E-state index contributed by atoms with van der Waals surface area (Å²) < 4.78 is 40.4. The maximum Gasteiger partial charge on any atom is 0.421 e. The van der Waals surface area contributed by atoms with Crippen molar-refractivity contribution < 1.29 is 36.0 Å². The topological polar surface area (TPSA) is 146 Å². The number of nitrogens with zero attached hydrogens (tertiary/aromatic N) is 2. The first-order valence-electron chi connectivity index (χ1n) is 10.8. The van der Waals surface area contributed by atoms with Gasteiger partial charge in [0.05, 0.1) is 24.7 Å². The Balaban J connectivity index is 2.10. The van der Waals surface area contributed by atoms with E-state index < -0.39 is 52.4 Å². The molecule has 0 aliphatic carbocycles. The number of primary amides is 1. The molecule has 2 saturated heterocycles. The molecule has 0 aromatic heterocycles. The normalized spacial score (nSPS) is 21.5. The van der Waals surface area contributed by atoms with E-state index in [2.05, 4.69) is 0 Å². The molecule has 2 fully saturated rings. The van der Waals surface area contributed by atoms with Crippen LogP contribution in [-0.4, -0.2) is 68.1 Å². The van der Waals surface area contributed by atoms with Gasteiger partial charge in [-0.25, -0.2) is 8.98 Å². The molecule has 2 aliphatic rings. The number of ether oxygens (including phenoxy) is 1. The fraction of sp³-hybridized carbons (Fsp3) is 0.842. The van der Waals surface area contributed by atoms with E-state index in [1.807, 2.05) is 20.8 Å². The van der Waals surface area contributed by atoms with Gasteiger partial charge in [-0.3, -0.25) is 9.59 Å². The minimum atomic E-state index is -4.64. The Labute approximate surface area is 183 Å². The molecule has 0 radical (unpaired) electrons. The molecule has 3 amide bonds. The second kappa shape index (κ2) is 10.6. The van der Waals surface area contributed by atoms with Crippen LogP contribution in [0, 0.1) is 5.41 Å². The minimum absolute atomic E-state index is 0.140. The summed E-state index contributed by atoms with van der Waals surface area (Å²) in [5.41, 5.74) is 4.20. The van der Waals surface area contributed by atoms with Gasteiger partial charge in [0.1, 0.15) is 6.04 Å². The zero-order chi connectivity index (χ0) is 23.2. The number of urea groups is 1. The Bertz CT molecular complexity index is 766. The van der Waals surface area contributed by atoms with Crippen molar-refractivity contribution in [2.24, 2.45) is 11.1 Å². The molecule has 2 unspecified atom stereocenters. The van der Waals surface area contributed by atoms with Gasteiger partial charge in [-0.1, -0.05) is 33.6 Å². The molecule has 2 atom stereocenters. The predicted molar refractivity (Wildman–Crippen MR) is 109 cm³/mol. The van der Waals surface area contributed by atoms with Crippen molar-refractivity contribution in [3.05, 3.63) is 0 Å². The zero-order valence-electron chi connectivity index (χ0n) is 18.4. The first-order valence-corrected chi connectivity index (χ1v) is 12.1. The molecule has 11 nitrogen and oxygen atoms in total. The molecular formula is C19H33N3O8S. The number of carbonyl (C=O) groups excluding carboxylic acids is 3. The van der Waals surface area contributed by atoms with E-state index in [9.17, 15) is 22.8 Å². The number of nitrogens with two attached hydrogens (primary N) is 1. The van der Waals surface area contributed by atoms with Crippen molar-refractivity contribution in [1.82, 2.24) is 9.96 Å². The van der Waals surface area contributed by atoms with Gasteiger partial charge in [0.15, 0.2) is 0 Å². The largest absolute Gasteiger partial charge is 0.465 e. The van der Waals surface area contributed by atoms with E-state index in [4.69, 9.17) is 18.9 Å². The molecule has 2 heterocycles. The number of esters is 1. The summed E-state index contributed by atoms with van der Waals surface area (Å²) in [6.45, 7) is 5.56. The summed E-state index contributed by atoms with van der Waals surface area (Å²) in [4.78, 5) is 38.0. The van der Waals surface area contributed by atoms with Crippen molar-refractivity contribution >= 4 is 28.3 Å². The van der Waals surface area contributed by atoms with E-state index in [1.165, 1.54) is 4.90 Å². The average molecular weight is 464 g/mol. The molecule has 2 N–H and O–H groups in total. The lowest BCUT2D eigenvalue weighted by Gasteiger charge is -2.30. The maximum atomic E-state index is 12.7. The third-order valence-corrected chi connectivity index (χ3v) is 6.38. The number of hydroxylamine groups is 2. The van der Waals surface area contributed by atoms with Gasteiger partial charge < -0.3 is 15.4 Å². The van der Waals surface area contributed by atoms with E-state index in [-0.39, 0.29) is 13.2 Å². The lowest BCUT2D eigenvalue weighted by Crippen LogP contribution is -2.47. The summed E-state index contributed by atoms with van der Waals surface area (Å²) in [7, 11) is -4.64. The second-order valence-corrected chi connectivity index (χ2v) is 9.27. The molecule has 2 bridgehead atoms. The first kappa shape index (κ1) is 25.3. The molecule has 178 valence electrons. The highest BCUT2D eigenvalue weighted by molar-refractivity contribution is 7.81. The van der Waals surface area contributed by atoms with Crippen LogP contribution >= 0.6 is 0 Å². The van der Waals surface area contributed by atoms with Crippen LogP contribution in [0.25, 0.3) is 0 Å². The van der Waals surface area contributed by atoms with Crippen LogP contribution in [0.2, 0.25) is 0 Å². The van der Waals surface area contributed by atoms with Crippen molar-refractivity contribution in [2.75, 3.05) is 19.8 Å². The van der Waals surface area contributed by atoms with Gasteiger partial charge in [0, 0.05) is 6.54 Å². The highest BCUT2D eigenvalue weighted by Gasteiger charge is 2.49. The van der Waals surface area contributed by atoms with Gasteiger partial charge in [-0.05, 0) is 32.1 Å². The summed E-state index contributed by atoms with van der Waals surface area (Å²) in [5, 5.41) is 0.717. The van der Waals surface area contributed by atoms with E-state index in [0.29, 0.717) is 44.9 Å². The van der Waals surface area contributed by atoms with Gasteiger partial charge >= 0.3 is 22.4 Å². The lowest BCUT2D eigenvalue weighted by atomic mass is 9.80. The Kier molecular flexibility index (Phi) is 8.66. The van der Waals surface area contributed by atoms with Crippen LogP contribution in [0.3, 0.4) is 0 Å². The van der Waals surface area contributed by atoms with Gasteiger partial charge in [-0.2, -0.15) is 13.5 Å². The highest BCUT2D eigenvalue weighted by Crippen LogP contribution is 2.34. The van der Waals surface area contributed by atoms with Crippen molar-refractivity contribution in [3.63, 3.8) is 0 Å². The van der Waals surface area contributed by atoms with E-state index in [0.717, 1.165) is 5.06 Å². The molecule has 0 aromatic rings. The van der Waals surface area contributed by atoms with Crippen LogP contribution in [0.1, 0.15) is 65.7 Å². The maximum absolute atomic E-state index is 12.7. The molecule has 12 heteroatoms. The Morgan fingerprint density at radius 1 is 1.13 bits per heavy atom. The van der Waals surface area contributed by atoms with Crippen molar-refractivity contribution in [3.8, 4) is 0 Å². The number of piperidine rings is 1. The lowest BCUT2D eigenvalue weighted by molar-refractivity contribution is -0.159. The number of rotatable bonds is 13. The van der Waals surface area contributed by atoms with Crippen molar-refractivity contribution in [1.29, 1.82) is 0 Å². The fourth-order valence-electron chi connectivity index (χ4n) is 4.17. The third-order valence-electron chi connectivity index (χ3n) is 5.63. The zero-order valence-corrected chi connectivity index (χ0v) is 19.2. The number of hydrogen-bond acceptors (Lipinski definition) is 8. The van der Waals surface area contributed by atoms with Crippen LogP contribution < -0.4 is 5.73 Å². The molecule has 0 aromatic carbocycles. The highest BCUT2D eigenvalue weighted by atomic mass is 32.3. The van der Waals surface area contributed by atoms with Gasteiger partial charge in [0.2, 0.25) is 5.91 Å². The summed E-state index contributed by atoms with van der Waals surface area (Å²) in [5.74, 6) is -1.15. The molecular weight excluding hydrogens is 430 g/mol. The number of fused-ring (bicyclic) bond motifs is 2. The molecule has 31 heavy (non-hydrogen) atoms. The number of hydrogen-bond donors (Lipinski definition) is 1. The summed E-state index contributed by atoms with van der Waals surface area (Å²) in [6.07, 6.45) is 3.36. The molecule has 2 aliphatic heterocycles. The van der Waals surface area contributed by atoms with Gasteiger partial charge in [-0.15, -0.1) is 4.28 Å². The average Bonchev–Trinajstić information content (AvgIpc) is 2.94. The molecule has 0 spiro atoms. The van der Waals surface area contributed by atoms with E-state index >= 15 is 0 Å². The van der Waals surface area contributed by atoms with Crippen molar-refractivity contribution in [2.45, 2.75) is 77.8 Å². The smallest absolute Gasteiger partial charge is 0.421 e. The minimum Gasteiger partial charge on any atom is -0.465 e. The Morgan fingerprint density at radius 2 is 1.77 bits per heavy atom. The standard InChI is InChI=1S/C19H33N3O8S/c1-4-9-19(10-5-2,17(24)28-11-6-3)13-29-31(26,27)30-22-14-7-8-15(16(20)23)21(12-14)18(22)25/h14-15H,4-13H2,1-3H3,(H2,20,23). The fourth-order valence-corrected chi connectivity index (χ4v) is 4.96. The first-order chi connectivity index (χ1) is 14.6. The second-order valence-electron chi connectivity index (χ2n) is 8.07. The van der Waals surface area contributed by atoms with Crippen LogP contribution in [-0.2, 0) is 33.2 Å². The SMILES string of the molecule is CCCOC(=O)C(CCC)(CCC)COS(=O)(=O)ON1C(=O)N2CC1CCC2C(N)=O. The third kappa shape index (κ3) is 5.86. The van der Waals surface area contributed by atoms with Gasteiger partial charge in [0.25, 0.3) is 0 Å². The van der Waals surface area contributed by atoms with Crippen LogP contribution in [0.15, 0.2) is 0 Å². The Morgan fingerprint density at radius 3 is 2.32 bits per heavy atom. The summed E-state index contributed by atoms with van der Waals surface area (Å²) >= 11 is 0. The molecule has 2 rings (SSSR count). The number of amides is 3. The van der Waals surface area contributed by atoms with E-state index in [1.54, 1.807) is 0 Å². The number of carbonyl (C=O) groups is 3. The summed E-state index contributed by atoms with van der Waals surface area (Å²) in [6, 6.07) is -2.09. The van der Waals surface area contributed by atoms with Crippen LogP contribution in [0.4, 0.5) is 4.79 Å².